The van der Waals surface area contributed by atoms with E-state index in [9.17, 15) is 0 Å². The first kappa shape index (κ1) is 13.2. The summed E-state index contributed by atoms with van der Waals surface area (Å²) in [5.74, 6) is 6.81. The fourth-order valence-corrected chi connectivity index (χ4v) is 3.19. The number of rotatable bonds is 3. The van der Waals surface area contributed by atoms with Gasteiger partial charge in [-0.05, 0) is 24.6 Å². The average Bonchev–Trinajstić information content (AvgIpc) is 2.81. The summed E-state index contributed by atoms with van der Waals surface area (Å²) in [4.78, 5) is 4.43. The lowest BCUT2D eigenvalue weighted by atomic mass is 10.1. The normalized spacial score (nSPS) is 9.89. The summed E-state index contributed by atoms with van der Waals surface area (Å²) in [6.45, 7) is 2.42. The van der Waals surface area contributed by atoms with Crippen molar-refractivity contribution in [2.45, 2.75) is 17.0 Å². The highest BCUT2D eigenvalue weighted by Gasteiger charge is 2.00. The van der Waals surface area contributed by atoms with Crippen LogP contribution >= 0.6 is 23.1 Å². The molecule has 4 heteroatoms. The first-order valence-electron chi connectivity index (χ1n) is 5.61. The Bertz CT molecular complexity index is 561. The van der Waals surface area contributed by atoms with E-state index in [0.717, 1.165) is 21.3 Å². The van der Waals surface area contributed by atoms with Gasteiger partial charge in [0.2, 0.25) is 0 Å². The molecule has 0 fully saturated rings. The van der Waals surface area contributed by atoms with Crippen molar-refractivity contribution in [1.82, 2.24) is 4.98 Å². The van der Waals surface area contributed by atoms with Crippen molar-refractivity contribution in [1.29, 1.82) is 0 Å². The Balaban J connectivity index is 1.94. The van der Waals surface area contributed by atoms with Crippen molar-refractivity contribution in [2.75, 3.05) is 6.54 Å². The molecule has 18 heavy (non-hydrogen) atoms. The van der Waals surface area contributed by atoms with Gasteiger partial charge in [-0.2, -0.15) is 0 Å². The molecule has 0 saturated heterocycles. The molecule has 2 N–H and O–H groups in total. The zero-order valence-electron chi connectivity index (χ0n) is 10.1. The maximum absolute atomic E-state index is 5.34. The summed E-state index contributed by atoms with van der Waals surface area (Å²) in [6, 6.07) is 8.28. The highest BCUT2D eigenvalue weighted by atomic mass is 32.2. The Morgan fingerprint density at radius 2 is 2.11 bits per heavy atom. The molecule has 1 aromatic heterocycles. The van der Waals surface area contributed by atoms with E-state index in [2.05, 4.69) is 34.3 Å². The SMILES string of the molecule is Cc1csc(SCc2ccc(C#CCN)cc2)n1. The molecule has 0 aliphatic carbocycles. The predicted octanol–water partition coefficient (Wildman–Crippen LogP) is 3.05. The number of hydrogen-bond donors (Lipinski definition) is 1. The number of aryl methyl sites for hydroxylation is 1. The minimum absolute atomic E-state index is 0.404. The molecule has 2 rings (SSSR count). The Morgan fingerprint density at radius 1 is 1.33 bits per heavy atom. The van der Waals surface area contributed by atoms with Gasteiger partial charge in [-0.3, -0.25) is 0 Å². The number of benzene rings is 1. The van der Waals surface area contributed by atoms with Gasteiger partial charge in [0.15, 0.2) is 0 Å². The molecule has 0 spiro atoms. The molecule has 0 aliphatic rings. The van der Waals surface area contributed by atoms with Crippen molar-refractivity contribution in [3.05, 3.63) is 46.5 Å². The van der Waals surface area contributed by atoms with Crippen LogP contribution in [0.25, 0.3) is 0 Å². The molecule has 1 aromatic carbocycles. The predicted molar refractivity (Wildman–Crippen MR) is 78.8 cm³/mol. The van der Waals surface area contributed by atoms with Crippen LogP contribution in [-0.4, -0.2) is 11.5 Å². The van der Waals surface area contributed by atoms with E-state index in [1.54, 1.807) is 23.1 Å². The monoisotopic (exact) mass is 274 g/mol. The standard InChI is InChI=1S/C14H14N2S2/c1-11-9-17-14(16-11)18-10-13-6-4-12(5-7-13)3-2-8-15/h4-7,9H,8,10,15H2,1H3. The second-order valence-corrected chi connectivity index (χ2v) is 5.83. The van der Waals surface area contributed by atoms with E-state index in [1.165, 1.54) is 5.56 Å². The van der Waals surface area contributed by atoms with Crippen LogP contribution in [0.4, 0.5) is 0 Å². The highest BCUT2D eigenvalue weighted by molar-refractivity contribution is 8.00. The molecule has 0 unspecified atom stereocenters. The first-order chi connectivity index (χ1) is 8.78. The summed E-state index contributed by atoms with van der Waals surface area (Å²) in [7, 11) is 0. The molecule has 1 heterocycles. The van der Waals surface area contributed by atoms with Crippen molar-refractivity contribution in [2.24, 2.45) is 5.73 Å². The number of aromatic nitrogens is 1. The molecule has 0 saturated carbocycles. The molecular formula is C14H14N2S2. The van der Waals surface area contributed by atoms with E-state index in [1.807, 2.05) is 19.1 Å². The quantitative estimate of drug-likeness (QED) is 0.690. The molecule has 0 bridgehead atoms. The second-order valence-electron chi connectivity index (χ2n) is 3.75. The molecular weight excluding hydrogens is 260 g/mol. The van der Waals surface area contributed by atoms with E-state index in [0.29, 0.717) is 6.54 Å². The van der Waals surface area contributed by atoms with Crippen molar-refractivity contribution in [3.63, 3.8) is 0 Å². The lowest BCUT2D eigenvalue weighted by Gasteiger charge is -1.99. The van der Waals surface area contributed by atoms with Crippen LogP contribution < -0.4 is 5.73 Å². The van der Waals surface area contributed by atoms with E-state index in [4.69, 9.17) is 5.73 Å². The van der Waals surface area contributed by atoms with Gasteiger partial charge in [0.1, 0.15) is 4.34 Å². The van der Waals surface area contributed by atoms with Gasteiger partial charge in [-0.1, -0.05) is 35.7 Å². The third-order valence-corrected chi connectivity index (χ3v) is 4.46. The number of thioether (sulfide) groups is 1. The molecule has 92 valence electrons. The van der Waals surface area contributed by atoms with E-state index in [-0.39, 0.29) is 0 Å². The minimum Gasteiger partial charge on any atom is -0.320 e. The van der Waals surface area contributed by atoms with E-state index >= 15 is 0 Å². The lowest BCUT2D eigenvalue weighted by molar-refractivity contribution is 1.16. The maximum Gasteiger partial charge on any atom is 0.150 e. The molecule has 0 aliphatic heterocycles. The highest BCUT2D eigenvalue weighted by Crippen LogP contribution is 2.25. The van der Waals surface area contributed by atoms with Crippen molar-refractivity contribution < 1.29 is 0 Å². The van der Waals surface area contributed by atoms with Gasteiger partial charge < -0.3 is 5.73 Å². The topological polar surface area (TPSA) is 38.9 Å². The molecule has 0 amide bonds. The summed E-state index contributed by atoms with van der Waals surface area (Å²) < 4.78 is 1.12. The fraction of sp³-hybridized carbons (Fsp3) is 0.214. The van der Waals surface area contributed by atoms with Crippen LogP contribution in [0.2, 0.25) is 0 Å². The average molecular weight is 274 g/mol. The third kappa shape index (κ3) is 3.88. The lowest BCUT2D eigenvalue weighted by Crippen LogP contribution is -1.93. The Morgan fingerprint density at radius 3 is 2.72 bits per heavy atom. The molecule has 2 nitrogen and oxygen atoms in total. The summed E-state index contributed by atoms with van der Waals surface area (Å²) in [5, 5.41) is 2.08. The Labute approximate surface area is 116 Å². The van der Waals surface area contributed by atoms with Gasteiger partial charge in [-0.25, -0.2) is 4.98 Å². The molecule has 2 aromatic rings. The number of nitrogens with two attached hydrogens (primary N) is 1. The number of thiazole rings is 1. The zero-order chi connectivity index (χ0) is 12.8. The number of hydrogen-bond acceptors (Lipinski definition) is 4. The van der Waals surface area contributed by atoms with Gasteiger partial charge in [-0.15, -0.1) is 11.3 Å². The van der Waals surface area contributed by atoms with Gasteiger partial charge in [0.25, 0.3) is 0 Å². The molecule has 0 atom stereocenters. The van der Waals surface area contributed by atoms with Crippen molar-refractivity contribution in [3.8, 4) is 11.8 Å². The van der Waals surface area contributed by atoms with Gasteiger partial charge in [0, 0.05) is 22.4 Å². The van der Waals surface area contributed by atoms with Crippen LogP contribution in [0.3, 0.4) is 0 Å². The maximum atomic E-state index is 5.34. The van der Waals surface area contributed by atoms with Crippen LogP contribution in [0.1, 0.15) is 16.8 Å². The zero-order valence-corrected chi connectivity index (χ0v) is 11.8. The van der Waals surface area contributed by atoms with Gasteiger partial charge in [0.05, 0.1) is 6.54 Å². The van der Waals surface area contributed by atoms with Crippen LogP contribution in [0, 0.1) is 18.8 Å². The van der Waals surface area contributed by atoms with Crippen molar-refractivity contribution >= 4 is 23.1 Å². The second kappa shape index (κ2) is 6.60. The largest absolute Gasteiger partial charge is 0.320 e. The minimum atomic E-state index is 0.404. The molecule has 0 radical (unpaired) electrons. The third-order valence-electron chi connectivity index (χ3n) is 2.25. The smallest absolute Gasteiger partial charge is 0.150 e. The Hall–Kier alpha value is -1.28. The number of nitrogens with zero attached hydrogens (tertiary/aromatic N) is 1. The van der Waals surface area contributed by atoms with Crippen LogP contribution in [0.5, 0.6) is 0 Å². The fourth-order valence-electron chi connectivity index (χ4n) is 1.38. The Kier molecular flexibility index (Phi) is 4.82. The summed E-state index contributed by atoms with van der Waals surface area (Å²) >= 11 is 3.47. The van der Waals surface area contributed by atoms with Gasteiger partial charge >= 0.3 is 0 Å². The van der Waals surface area contributed by atoms with Crippen LogP contribution in [-0.2, 0) is 5.75 Å². The van der Waals surface area contributed by atoms with E-state index < -0.39 is 0 Å². The summed E-state index contributed by atoms with van der Waals surface area (Å²) in [6.07, 6.45) is 0. The first-order valence-corrected chi connectivity index (χ1v) is 7.47. The summed E-state index contributed by atoms with van der Waals surface area (Å²) in [5.41, 5.74) is 8.73. The van der Waals surface area contributed by atoms with Crippen LogP contribution in [0.15, 0.2) is 34.0 Å².